The van der Waals surface area contributed by atoms with Crippen LogP contribution in [0.3, 0.4) is 0 Å². The number of hydrogen-bond donors (Lipinski definition) is 0. The first kappa shape index (κ1) is 8.31. The molecular weight excluding hydrogens is 140 g/mol. The van der Waals surface area contributed by atoms with Crippen LogP contribution in [0, 0.1) is 0 Å². The van der Waals surface area contributed by atoms with Crippen molar-refractivity contribution in [2.24, 2.45) is 0 Å². The summed E-state index contributed by atoms with van der Waals surface area (Å²) in [6.07, 6.45) is 5.36. The van der Waals surface area contributed by atoms with Gasteiger partial charge in [-0.2, -0.15) is 0 Å². The summed E-state index contributed by atoms with van der Waals surface area (Å²) < 4.78 is 5.05. The summed E-state index contributed by atoms with van der Waals surface area (Å²) in [5.74, 6) is -0.180. The summed E-state index contributed by atoms with van der Waals surface area (Å²) in [6, 6.07) is 0. The van der Waals surface area contributed by atoms with Crippen molar-refractivity contribution in [3.63, 3.8) is 0 Å². The number of allylic oxidation sites excluding steroid dienone is 1. The number of hydrogen-bond acceptors (Lipinski definition) is 2. The van der Waals surface area contributed by atoms with Crippen LogP contribution in [0.2, 0.25) is 0 Å². The molecule has 1 atom stereocenters. The Labute approximate surface area is 67.2 Å². The molecule has 2 heteroatoms. The summed E-state index contributed by atoms with van der Waals surface area (Å²) in [7, 11) is 0. The predicted molar refractivity (Wildman–Crippen MR) is 43.2 cm³/mol. The third kappa shape index (κ3) is 2.74. The van der Waals surface area contributed by atoms with Crippen LogP contribution in [0.15, 0.2) is 11.6 Å². The highest BCUT2D eigenvalue weighted by atomic mass is 16.5. The molecule has 0 saturated heterocycles. The molecule has 0 fully saturated rings. The van der Waals surface area contributed by atoms with Crippen molar-refractivity contribution >= 4 is 5.97 Å². The van der Waals surface area contributed by atoms with Crippen LogP contribution in [0.4, 0.5) is 0 Å². The Morgan fingerprint density at radius 2 is 2.45 bits per heavy atom. The van der Waals surface area contributed by atoms with Gasteiger partial charge in [-0.05, 0) is 32.3 Å². The van der Waals surface area contributed by atoms with Crippen molar-refractivity contribution in [1.29, 1.82) is 0 Å². The van der Waals surface area contributed by atoms with Crippen molar-refractivity contribution < 1.29 is 9.53 Å². The van der Waals surface area contributed by atoms with Crippen LogP contribution < -0.4 is 0 Å². The molecule has 0 aromatic rings. The summed E-state index contributed by atoms with van der Waals surface area (Å²) in [5, 5.41) is 0. The van der Waals surface area contributed by atoms with Crippen LogP contribution >= 0.6 is 0 Å². The van der Waals surface area contributed by atoms with Gasteiger partial charge in [-0.15, -0.1) is 0 Å². The number of esters is 1. The van der Waals surface area contributed by atoms with Crippen LogP contribution in [0.1, 0.15) is 33.1 Å². The normalized spacial score (nSPS) is 24.2. The predicted octanol–water partition coefficient (Wildman–Crippen LogP) is 2.05. The molecule has 11 heavy (non-hydrogen) atoms. The third-order valence-electron chi connectivity index (χ3n) is 1.85. The molecular formula is C9H14O2. The molecule has 0 radical (unpaired) electrons. The zero-order valence-electron chi connectivity index (χ0n) is 7.09. The minimum Gasteiger partial charge on any atom is -0.458 e. The first-order valence-electron chi connectivity index (χ1n) is 4.03. The fourth-order valence-corrected chi connectivity index (χ4v) is 1.37. The number of carbonyl (C=O) groups excluding carboxylic acids is 1. The van der Waals surface area contributed by atoms with Crippen LogP contribution in [0.25, 0.3) is 0 Å². The van der Waals surface area contributed by atoms with Crippen molar-refractivity contribution in [3.05, 3.63) is 11.6 Å². The molecule has 0 N–H and O–H groups in total. The van der Waals surface area contributed by atoms with Gasteiger partial charge in [0.1, 0.15) is 6.10 Å². The van der Waals surface area contributed by atoms with Gasteiger partial charge in [0.15, 0.2) is 0 Å². The van der Waals surface area contributed by atoms with Crippen molar-refractivity contribution in [2.45, 2.75) is 39.2 Å². The minimum atomic E-state index is -0.180. The Morgan fingerprint density at radius 1 is 1.73 bits per heavy atom. The Hall–Kier alpha value is -0.790. The maximum atomic E-state index is 10.6. The van der Waals surface area contributed by atoms with E-state index in [1.54, 1.807) is 0 Å². The molecule has 1 rings (SSSR count). The highest BCUT2D eigenvalue weighted by Gasteiger charge is 2.12. The van der Waals surface area contributed by atoms with Gasteiger partial charge in [-0.1, -0.05) is 5.57 Å². The highest BCUT2D eigenvalue weighted by molar-refractivity contribution is 5.66. The molecule has 0 unspecified atom stereocenters. The summed E-state index contributed by atoms with van der Waals surface area (Å²) in [6.45, 7) is 3.54. The summed E-state index contributed by atoms with van der Waals surface area (Å²) >= 11 is 0. The van der Waals surface area contributed by atoms with E-state index in [0.29, 0.717) is 0 Å². The molecule has 0 amide bonds. The quantitative estimate of drug-likeness (QED) is 0.427. The molecule has 62 valence electrons. The lowest BCUT2D eigenvalue weighted by Crippen LogP contribution is -2.16. The fourth-order valence-electron chi connectivity index (χ4n) is 1.37. The van der Waals surface area contributed by atoms with Gasteiger partial charge in [0.25, 0.3) is 0 Å². The van der Waals surface area contributed by atoms with E-state index in [1.165, 1.54) is 12.5 Å². The Bertz CT molecular complexity index is 182. The van der Waals surface area contributed by atoms with Gasteiger partial charge in [0.2, 0.25) is 0 Å². The molecule has 0 saturated carbocycles. The van der Waals surface area contributed by atoms with E-state index in [9.17, 15) is 4.79 Å². The molecule has 0 bridgehead atoms. The van der Waals surface area contributed by atoms with Crippen LogP contribution in [-0.4, -0.2) is 12.1 Å². The average molecular weight is 154 g/mol. The van der Waals surface area contributed by atoms with E-state index < -0.39 is 0 Å². The van der Waals surface area contributed by atoms with Crippen LogP contribution in [-0.2, 0) is 9.53 Å². The molecule has 1 aliphatic carbocycles. The molecule has 0 aliphatic heterocycles. The SMILES string of the molecule is CC(=O)O[C@@H]1C=C(C)CCC1. The minimum absolute atomic E-state index is 0.0428. The molecule has 0 heterocycles. The maximum absolute atomic E-state index is 10.6. The van der Waals surface area contributed by atoms with Gasteiger partial charge in [-0.3, -0.25) is 4.79 Å². The van der Waals surface area contributed by atoms with Crippen molar-refractivity contribution in [1.82, 2.24) is 0 Å². The second-order valence-electron chi connectivity index (χ2n) is 3.05. The summed E-state index contributed by atoms with van der Waals surface area (Å²) in [4.78, 5) is 10.6. The maximum Gasteiger partial charge on any atom is 0.303 e. The first-order chi connectivity index (χ1) is 5.18. The Kier molecular flexibility index (Phi) is 2.69. The molecule has 2 nitrogen and oxygen atoms in total. The highest BCUT2D eigenvalue weighted by Crippen LogP contribution is 2.19. The fraction of sp³-hybridized carbons (Fsp3) is 0.667. The van der Waals surface area contributed by atoms with E-state index in [4.69, 9.17) is 4.74 Å². The molecule has 0 aromatic heterocycles. The number of ether oxygens (including phenoxy) is 1. The van der Waals surface area contributed by atoms with E-state index in [-0.39, 0.29) is 12.1 Å². The van der Waals surface area contributed by atoms with Gasteiger partial charge in [-0.25, -0.2) is 0 Å². The second kappa shape index (κ2) is 3.56. The Morgan fingerprint density at radius 3 is 3.00 bits per heavy atom. The second-order valence-corrected chi connectivity index (χ2v) is 3.05. The molecule has 0 aromatic carbocycles. The van der Waals surface area contributed by atoms with Gasteiger partial charge in [0, 0.05) is 6.92 Å². The monoisotopic (exact) mass is 154 g/mol. The summed E-state index contributed by atoms with van der Waals surface area (Å²) in [5.41, 5.74) is 1.34. The van der Waals surface area contributed by atoms with Crippen molar-refractivity contribution in [3.8, 4) is 0 Å². The van der Waals surface area contributed by atoms with Crippen molar-refractivity contribution in [2.75, 3.05) is 0 Å². The van der Waals surface area contributed by atoms with Gasteiger partial charge in [0.05, 0.1) is 0 Å². The number of carbonyl (C=O) groups is 1. The van der Waals surface area contributed by atoms with E-state index in [2.05, 4.69) is 6.92 Å². The third-order valence-corrected chi connectivity index (χ3v) is 1.85. The lowest BCUT2D eigenvalue weighted by atomic mass is 9.99. The van der Waals surface area contributed by atoms with Gasteiger partial charge >= 0.3 is 5.97 Å². The first-order valence-corrected chi connectivity index (χ1v) is 4.03. The van der Waals surface area contributed by atoms with E-state index in [1.807, 2.05) is 6.08 Å². The standard InChI is InChI=1S/C9H14O2/c1-7-4-3-5-9(6-7)11-8(2)10/h6,9H,3-5H2,1-2H3/t9-/m0/s1. The molecule has 0 spiro atoms. The van der Waals surface area contributed by atoms with E-state index >= 15 is 0 Å². The zero-order chi connectivity index (χ0) is 8.27. The lowest BCUT2D eigenvalue weighted by Gasteiger charge is -2.18. The lowest BCUT2D eigenvalue weighted by molar-refractivity contribution is -0.144. The van der Waals surface area contributed by atoms with Gasteiger partial charge < -0.3 is 4.74 Å². The van der Waals surface area contributed by atoms with E-state index in [0.717, 1.165) is 19.3 Å². The number of rotatable bonds is 1. The zero-order valence-corrected chi connectivity index (χ0v) is 7.09. The topological polar surface area (TPSA) is 26.3 Å². The largest absolute Gasteiger partial charge is 0.458 e. The smallest absolute Gasteiger partial charge is 0.303 e. The van der Waals surface area contributed by atoms with Crippen LogP contribution in [0.5, 0.6) is 0 Å². The molecule has 1 aliphatic rings. The Balaban J connectivity index is 2.46. The average Bonchev–Trinajstić information content (AvgIpc) is 1.85.